The molecule has 1 saturated heterocycles. The van der Waals surface area contributed by atoms with Crippen LogP contribution >= 0.6 is 7.60 Å². The normalized spacial score (nSPS) is 23.2. The third-order valence-corrected chi connectivity index (χ3v) is 8.89. The van der Waals surface area contributed by atoms with E-state index in [4.69, 9.17) is 28.0 Å². The summed E-state index contributed by atoms with van der Waals surface area (Å²) < 4.78 is 51.0. The molecule has 8 heteroatoms. The highest BCUT2D eigenvalue weighted by Gasteiger charge is 2.49. The van der Waals surface area contributed by atoms with E-state index < -0.39 is 32.0 Å². The first kappa shape index (κ1) is 30.6. The van der Waals surface area contributed by atoms with Crippen LogP contribution in [0.5, 0.6) is 0 Å². The van der Waals surface area contributed by atoms with Crippen molar-refractivity contribution in [3.05, 3.63) is 108 Å². The van der Waals surface area contributed by atoms with E-state index in [0.29, 0.717) is 19.8 Å². The van der Waals surface area contributed by atoms with Gasteiger partial charge in [-0.05, 0) is 37.5 Å². The summed E-state index contributed by atoms with van der Waals surface area (Å²) in [5.74, 6) is 0. The third kappa shape index (κ3) is 8.82. The van der Waals surface area contributed by atoms with Gasteiger partial charge >= 0.3 is 7.60 Å². The van der Waals surface area contributed by atoms with Crippen LogP contribution in [0.25, 0.3) is 0 Å². The maximum atomic E-state index is 13.6. The van der Waals surface area contributed by atoms with Gasteiger partial charge in [-0.15, -0.1) is 0 Å². The van der Waals surface area contributed by atoms with Gasteiger partial charge in [-0.1, -0.05) is 91.0 Å². The molecular weight excluding hydrogens is 527 g/mol. The molecule has 1 fully saturated rings. The van der Waals surface area contributed by atoms with Gasteiger partial charge in [0.25, 0.3) is 0 Å². The fraction of sp³-hybridized carbons (Fsp3) is 0.438. The Morgan fingerprint density at radius 3 is 1.45 bits per heavy atom. The van der Waals surface area contributed by atoms with Gasteiger partial charge < -0.3 is 28.0 Å². The molecule has 0 radical (unpaired) electrons. The highest BCUT2D eigenvalue weighted by molar-refractivity contribution is 7.53. The van der Waals surface area contributed by atoms with E-state index in [0.717, 1.165) is 16.7 Å². The zero-order valence-electron chi connectivity index (χ0n) is 23.6. The minimum Gasteiger partial charge on any atom is -0.369 e. The van der Waals surface area contributed by atoms with Crippen molar-refractivity contribution in [1.82, 2.24) is 0 Å². The topological polar surface area (TPSA) is 72.5 Å². The first-order valence-corrected chi connectivity index (χ1v) is 15.7. The van der Waals surface area contributed by atoms with Gasteiger partial charge in [0.1, 0.15) is 18.3 Å². The lowest BCUT2D eigenvalue weighted by atomic mass is 9.95. The molecule has 4 rings (SSSR count). The lowest BCUT2D eigenvalue weighted by Crippen LogP contribution is -2.60. The molecule has 3 aromatic carbocycles. The van der Waals surface area contributed by atoms with Gasteiger partial charge in [0.05, 0.1) is 51.4 Å². The molecule has 7 nitrogen and oxygen atoms in total. The SMILES string of the molecule is CCOP(=O)(C[C@H]1O[C@@H](C)[C@@H](OCc2ccccc2)[C@@H](OCc2ccccc2)[C@@H]1OCc1ccccc1)OCC. The van der Waals surface area contributed by atoms with Crippen molar-refractivity contribution >= 4 is 7.60 Å². The van der Waals surface area contributed by atoms with Crippen LogP contribution in [0.1, 0.15) is 37.5 Å². The van der Waals surface area contributed by atoms with Crippen LogP contribution in [-0.4, -0.2) is 49.9 Å². The standard InChI is InChI=1S/C32H41O7P/c1-4-37-40(33,38-5-2)24-29-31(35-22-27-17-11-7-12-18-27)32(36-23-28-19-13-8-14-20-28)30(25(3)39-29)34-21-26-15-9-6-10-16-26/h6-20,25,29-32H,4-5,21-24H2,1-3H3/t25-,29+,30+,31+,32+/m0/s1. The Balaban J connectivity index is 1.63. The van der Waals surface area contributed by atoms with E-state index in [1.807, 2.05) is 97.9 Å². The highest BCUT2D eigenvalue weighted by atomic mass is 31.2. The Morgan fingerprint density at radius 1 is 0.625 bits per heavy atom. The summed E-state index contributed by atoms with van der Waals surface area (Å²) in [4.78, 5) is 0. The second kappa shape index (κ2) is 15.6. The number of ether oxygens (including phenoxy) is 4. The first-order chi connectivity index (χ1) is 19.5. The number of benzene rings is 3. The molecule has 0 saturated carbocycles. The number of hydrogen-bond donors (Lipinski definition) is 0. The van der Waals surface area contributed by atoms with E-state index in [1.54, 1.807) is 13.8 Å². The van der Waals surface area contributed by atoms with Gasteiger partial charge in [-0.3, -0.25) is 4.57 Å². The molecule has 1 heterocycles. The van der Waals surface area contributed by atoms with E-state index >= 15 is 0 Å². The highest BCUT2D eigenvalue weighted by Crippen LogP contribution is 2.50. The Labute approximate surface area is 238 Å². The molecule has 0 spiro atoms. The molecule has 1 aliphatic heterocycles. The maximum Gasteiger partial charge on any atom is 0.333 e. The van der Waals surface area contributed by atoms with Crippen LogP contribution in [0.4, 0.5) is 0 Å². The van der Waals surface area contributed by atoms with Crippen molar-refractivity contribution in [2.24, 2.45) is 0 Å². The van der Waals surface area contributed by atoms with Gasteiger partial charge in [0.15, 0.2) is 0 Å². The summed E-state index contributed by atoms with van der Waals surface area (Å²) in [7, 11) is -3.44. The summed E-state index contributed by atoms with van der Waals surface area (Å²) in [6.45, 7) is 7.22. The Bertz CT molecular complexity index is 1150. The zero-order valence-corrected chi connectivity index (χ0v) is 24.5. The van der Waals surface area contributed by atoms with Crippen LogP contribution in [0, 0.1) is 0 Å². The Hall–Kier alpha value is -2.35. The molecule has 5 atom stereocenters. The first-order valence-electron chi connectivity index (χ1n) is 14.0. The average molecular weight is 569 g/mol. The largest absolute Gasteiger partial charge is 0.369 e. The quantitative estimate of drug-likeness (QED) is 0.187. The fourth-order valence-corrected chi connectivity index (χ4v) is 6.73. The molecule has 0 unspecified atom stereocenters. The number of rotatable bonds is 15. The van der Waals surface area contributed by atoms with Crippen LogP contribution in [0.15, 0.2) is 91.0 Å². The van der Waals surface area contributed by atoms with Gasteiger partial charge in [0, 0.05) is 0 Å². The molecule has 216 valence electrons. The van der Waals surface area contributed by atoms with Crippen molar-refractivity contribution in [3.63, 3.8) is 0 Å². The molecular formula is C32H41O7P. The lowest BCUT2D eigenvalue weighted by Gasteiger charge is -2.46. The van der Waals surface area contributed by atoms with Crippen LogP contribution < -0.4 is 0 Å². The molecule has 0 aliphatic carbocycles. The van der Waals surface area contributed by atoms with Gasteiger partial charge in [-0.25, -0.2) is 0 Å². The molecule has 3 aromatic rings. The third-order valence-electron chi connectivity index (χ3n) is 6.78. The van der Waals surface area contributed by atoms with Gasteiger partial charge in [-0.2, -0.15) is 0 Å². The van der Waals surface area contributed by atoms with Crippen LogP contribution in [0.2, 0.25) is 0 Å². The fourth-order valence-electron chi connectivity index (χ4n) is 4.92. The van der Waals surface area contributed by atoms with Gasteiger partial charge in [0.2, 0.25) is 0 Å². The molecule has 0 aromatic heterocycles. The summed E-state index contributed by atoms with van der Waals surface area (Å²) >= 11 is 0. The second-order valence-corrected chi connectivity index (χ2v) is 11.9. The van der Waals surface area contributed by atoms with Crippen LogP contribution in [-0.2, 0) is 52.4 Å². The predicted molar refractivity (Wildman–Crippen MR) is 155 cm³/mol. The summed E-state index contributed by atoms with van der Waals surface area (Å²) in [5.41, 5.74) is 3.11. The van der Waals surface area contributed by atoms with Crippen molar-refractivity contribution in [2.75, 3.05) is 19.4 Å². The Morgan fingerprint density at radius 2 is 1.02 bits per heavy atom. The minimum atomic E-state index is -3.44. The van der Waals surface area contributed by atoms with E-state index in [9.17, 15) is 4.57 Å². The maximum absolute atomic E-state index is 13.6. The summed E-state index contributed by atoms with van der Waals surface area (Å²) in [6, 6.07) is 30.0. The molecule has 0 bridgehead atoms. The van der Waals surface area contributed by atoms with E-state index in [-0.39, 0.29) is 25.5 Å². The average Bonchev–Trinajstić information content (AvgIpc) is 2.97. The zero-order chi connectivity index (χ0) is 28.2. The predicted octanol–water partition coefficient (Wildman–Crippen LogP) is 6.80. The Kier molecular flexibility index (Phi) is 11.9. The summed E-state index contributed by atoms with van der Waals surface area (Å²) in [6.07, 6.45) is -2.43. The second-order valence-electron chi connectivity index (χ2n) is 9.79. The van der Waals surface area contributed by atoms with Crippen LogP contribution in [0.3, 0.4) is 0 Å². The monoisotopic (exact) mass is 568 g/mol. The van der Waals surface area contributed by atoms with Crippen molar-refractivity contribution in [3.8, 4) is 0 Å². The van der Waals surface area contributed by atoms with E-state index in [1.165, 1.54) is 0 Å². The molecule has 1 aliphatic rings. The van der Waals surface area contributed by atoms with Crippen molar-refractivity contribution in [2.45, 2.75) is 71.1 Å². The summed E-state index contributed by atoms with van der Waals surface area (Å²) in [5, 5.41) is 0. The molecule has 0 amide bonds. The van der Waals surface area contributed by atoms with E-state index in [2.05, 4.69) is 0 Å². The molecule has 40 heavy (non-hydrogen) atoms. The lowest BCUT2D eigenvalue weighted by molar-refractivity contribution is -0.257. The molecule has 0 N–H and O–H groups in total. The van der Waals surface area contributed by atoms with Crippen molar-refractivity contribution < 1.29 is 32.6 Å². The number of hydrogen-bond acceptors (Lipinski definition) is 7. The minimum absolute atomic E-state index is 0.0507. The smallest absolute Gasteiger partial charge is 0.333 e. The van der Waals surface area contributed by atoms with Crippen molar-refractivity contribution in [1.29, 1.82) is 0 Å².